The van der Waals surface area contributed by atoms with Crippen LogP contribution < -0.4 is 11.5 Å². The van der Waals surface area contributed by atoms with E-state index in [-0.39, 0.29) is 21.8 Å². The van der Waals surface area contributed by atoms with Gasteiger partial charge >= 0.3 is 0 Å². The topological polar surface area (TPSA) is 52.0 Å². The zero-order valence-electron chi connectivity index (χ0n) is 19.4. The molecule has 9 unspecified atom stereocenters. The lowest BCUT2D eigenvalue weighted by Gasteiger charge is -2.84. The molecule has 0 heterocycles. The summed E-state index contributed by atoms with van der Waals surface area (Å²) in [5, 5.41) is 0. The summed E-state index contributed by atoms with van der Waals surface area (Å²) in [5.74, 6) is 2.87. The highest BCUT2D eigenvalue weighted by molar-refractivity contribution is 7.16. The van der Waals surface area contributed by atoms with E-state index in [1.807, 2.05) is 0 Å². The van der Waals surface area contributed by atoms with Crippen LogP contribution in [-0.2, 0) is 0 Å². The number of nitrogens with two attached hydrogens (primary N) is 2. The third-order valence-corrected chi connectivity index (χ3v) is 10.6. The Kier molecular flexibility index (Phi) is 6.22. The second-order valence-electron chi connectivity index (χ2n) is 11.0. The number of hydrogen-bond donors (Lipinski definition) is 2. The fourth-order valence-corrected chi connectivity index (χ4v) is 9.44. The van der Waals surface area contributed by atoms with Crippen molar-refractivity contribution < 1.29 is 0 Å². The summed E-state index contributed by atoms with van der Waals surface area (Å²) in [7, 11) is 2.92. The van der Waals surface area contributed by atoms with E-state index in [9.17, 15) is 0 Å². The Morgan fingerprint density at radius 3 is 2.29 bits per heavy atom. The molecule has 0 aliphatic heterocycles. The van der Waals surface area contributed by atoms with Crippen molar-refractivity contribution in [2.24, 2.45) is 51.4 Å². The lowest BCUT2D eigenvalue weighted by atomic mass is 9.20. The van der Waals surface area contributed by atoms with Crippen LogP contribution >= 0.6 is 9.24 Å². The summed E-state index contributed by atoms with van der Waals surface area (Å²) in [6.45, 7) is 14.3. The van der Waals surface area contributed by atoms with E-state index in [1.165, 1.54) is 31.8 Å². The SMILES string of the molecule is CC=CC1(C)C(CC)C2CC3C(C(N)(CC)CC)C(C)(CCCP)CC(N)C321. The maximum absolute atomic E-state index is 7.24. The first-order valence-electron chi connectivity index (χ1n) is 12.0. The number of allylic oxidation sites excluding steroid dienone is 2. The van der Waals surface area contributed by atoms with E-state index in [0.717, 1.165) is 31.1 Å². The minimum absolute atomic E-state index is 0.0629. The Balaban J connectivity index is 2.09. The predicted octanol–water partition coefficient (Wildman–Crippen LogP) is 5.76. The van der Waals surface area contributed by atoms with Crippen molar-refractivity contribution in [1.29, 1.82) is 0 Å². The van der Waals surface area contributed by atoms with Crippen molar-refractivity contribution in [3.63, 3.8) is 0 Å². The molecular formula is C25H47N2P. The van der Waals surface area contributed by atoms with Gasteiger partial charge in [-0.05, 0) is 86.1 Å². The van der Waals surface area contributed by atoms with Crippen molar-refractivity contribution >= 4 is 9.24 Å². The van der Waals surface area contributed by atoms with Crippen LogP contribution in [0.1, 0.15) is 86.5 Å². The average molecular weight is 407 g/mol. The summed E-state index contributed by atoms with van der Waals surface area (Å²) >= 11 is 0. The highest BCUT2D eigenvalue weighted by Crippen LogP contribution is 2.84. The van der Waals surface area contributed by atoms with Crippen LogP contribution in [0.5, 0.6) is 0 Å². The Hall–Kier alpha value is 0.0900. The quantitative estimate of drug-likeness (QED) is 0.398. The summed E-state index contributed by atoms with van der Waals surface area (Å²) in [6, 6.07) is 0.309. The van der Waals surface area contributed by atoms with Gasteiger partial charge in [0.15, 0.2) is 0 Å². The summed E-state index contributed by atoms with van der Waals surface area (Å²) in [5.41, 5.74) is 15.1. The van der Waals surface area contributed by atoms with Gasteiger partial charge in [-0.15, -0.1) is 9.24 Å². The van der Waals surface area contributed by atoms with Crippen molar-refractivity contribution in [3.8, 4) is 0 Å². The van der Waals surface area contributed by atoms with Crippen LogP contribution in [0.25, 0.3) is 0 Å². The minimum atomic E-state index is -0.0629. The first-order chi connectivity index (χ1) is 13.2. The molecule has 162 valence electrons. The van der Waals surface area contributed by atoms with Gasteiger partial charge in [0.2, 0.25) is 0 Å². The van der Waals surface area contributed by atoms with Gasteiger partial charge in [0, 0.05) is 17.0 Å². The molecule has 3 aliphatic carbocycles. The molecule has 0 amide bonds. The second kappa shape index (κ2) is 7.65. The first kappa shape index (κ1) is 22.8. The van der Waals surface area contributed by atoms with Crippen LogP contribution in [0.2, 0.25) is 0 Å². The van der Waals surface area contributed by atoms with Crippen molar-refractivity contribution in [2.75, 3.05) is 6.16 Å². The summed E-state index contributed by atoms with van der Waals surface area (Å²) < 4.78 is 0. The molecule has 3 heteroatoms. The number of hydrogen-bond acceptors (Lipinski definition) is 2. The van der Waals surface area contributed by atoms with E-state index in [2.05, 4.69) is 62.9 Å². The van der Waals surface area contributed by atoms with E-state index in [0.29, 0.717) is 17.9 Å². The Morgan fingerprint density at radius 2 is 1.79 bits per heavy atom. The summed E-state index contributed by atoms with van der Waals surface area (Å²) in [4.78, 5) is 0. The highest BCUT2D eigenvalue weighted by atomic mass is 31.0. The first-order valence-corrected chi connectivity index (χ1v) is 12.9. The van der Waals surface area contributed by atoms with Gasteiger partial charge in [0.05, 0.1) is 0 Å². The van der Waals surface area contributed by atoms with Crippen LogP contribution in [0.4, 0.5) is 0 Å². The molecule has 4 N–H and O–H groups in total. The van der Waals surface area contributed by atoms with E-state index >= 15 is 0 Å². The van der Waals surface area contributed by atoms with Gasteiger partial charge in [-0.2, -0.15) is 0 Å². The molecule has 0 aromatic heterocycles. The van der Waals surface area contributed by atoms with Crippen LogP contribution in [0, 0.1) is 39.9 Å². The van der Waals surface area contributed by atoms with Gasteiger partial charge in [-0.25, -0.2) is 0 Å². The molecule has 9 atom stereocenters. The molecule has 0 radical (unpaired) electrons. The van der Waals surface area contributed by atoms with Gasteiger partial charge < -0.3 is 11.5 Å². The molecule has 3 aliphatic rings. The van der Waals surface area contributed by atoms with Gasteiger partial charge in [0.25, 0.3) is 0 Å². The maximum Gasteiger partial charge on any atom is 0.0185 e. The monoisotopic (exact) mass is 406 g/mol. The normalized spacial score (nSPS) is 48.0. The Morgan fingerprint density at radius 1 is 1.14 bits per heavy atom. The smallest absolute Gasteiger partial charge is 0.0185 e. The van der Waals surface area contributed by atoms with Crippen LogP contribution in [0.3, 0.4) is 0 Å². The van der Waals surface area contributed by atoms with Crippen molar-refractivity contribution in [3.05, 3.63) is 12.2 Å². The molecule has 0 aromatic rings. The Labute approximate surface area is 177 Å². The fourth-order valence-electron chi connectivity index (χ4n) is 9.23. The predicted molar refractivity (Wildman–Crippen MR) is 126 cm³/mol. The largest absolute Gasteiger partial charge is 0.327 e. The standard InChI is InChI=1S/C25H47N2P/c1-7-12-23(6)17(8-2)18-15-19-21(24(27,9-3)10-4)22(5,13-11-14-28)16-20(26)25(18,19)23/h7,12,17-21H,8-11,13-16,26-28H2,1-6H3. The second-order valence-corrected chi connectivity index (χ2v) is 11.5. The molecule has 3 saturated carbocycles. The average Bonchev–Trinajstić information content (AvgIpc) is 2.64. The highest BCUT2D eigenvalue weighted by Gasteiger charge is 2.81. The molecule has 3 fully saturated rings. The zero-order valence-corrected chi connectivity index (χ0v) is 20.6. The molecule has 0 saturated heterocycles. The molecule has 28 heavy (non-hydrogen) atoms. The van der Waals surface area contributed by atoms with Gasteiger partial charge in [-0.1, -0.05) is 53.2 Å². The van der Waals surface area contributed by atoms with Crippen molar-refractivity contribution in [1.82, 2.24) is 0 Å². The van der Waals surface area contributed by atoms with E-state index in [1.54, 1.807) is 0 Å². The lowest BCUT2D eigenvalue weighted by molar-refractivity contribution is -0.343. The molecule has 3 rings (SSSR count). The molecule has 0 bridgehead atoms. The zero-order chi connectivity index (χ0) is 21.0. The molecule has 0 aromatic carbocycles. The minimum Gasteiger partial charge on any atom is -0.327 e. The molecule has 1 spiro atoms. The number of rotatable bonds is 8. The van der Waals surface area contributed by atoms with E-state index in [4.69, 9.17) is 11.5 Å². The van der Waals surface area contributed by atoms with E-state index < -0.39 is 0 Å². The van der Waals surface area contributed by atoms with Gasteiger partial charge in [-0.3, -0.25) is 0 Å². The van der Waals surface area contributed by atoms with Crippen LogP contribution in [-0.4, -0.2) is 17.7 Å². The molecular weight excluding hydrogens is 359 g/mol. The Bertz CT molecular complexity index is 599. The maximum atomic E-state index is 7.24. The fraction of sp³-hybridized carbons (Fsp3) is 0.920. The van der Waals surface area contributed by atoms with Gasteiger partial charge in [0.1, 0.15) is 0 Å². The summed E-state index contributed by atoms with van der Waals surface area (Å²) in [6.07, 6.45) is 14.5. The van der Waals surface area contributed by atoms with Crippen molar-refractivity contribution in [2.45, 2.75) is 98.1 Å². The lowest BCUT2D eigenvalue weighted by Crippen LogP contribution is -2.84. The third-order valence-electron chi connectivity index (χ3n) is 10.2. The molecule has 2 nitrogen and oxygen atoms in total. The van der Waals surface area contributed by atoms with Crippen LogP contribution in [0.15, 0.2) is 12.2 Å². The third kappa shape index (κ3) is 2.63.